The molecular weight excluding hydrogens is 270 g/mol. The molecule has 1 aliphatic carbocycles. The number of hydrogen-bond acceptors (Lipinski definition) is 2. The maximum absolute atomic E-state index is 14.3. The highest BCUT2D eigenvalue weighted by Gasteiger charge is 2.24. The van der Waals surface area contributed by atoms with Crippen LogP contribution in [0.2, 0.25) is 0 Å². The van der Waals surface area contributed by atoms with Crippen molar-refractivity contribution in [3.63, 3.8) is 0 Å². The summed E-state index contributed by atoms with van der Waals surface area (Å²) in [5, 5.41) is 3.25. The van der Waals surface area contributed by atoms with Gasteiger partial charge >= 0.3 is 0 Å². The zero-order valence-corrected chi connectivity index (χ0v) is 13.5. The van der Waals surface area contributed by atoms with Gasteiger partial charge in [0.25, 0.3) is 0 Å². The van der Waals surface area contributed by atoms with Gasteiger partial charge in [-0.1, -0.05) is 12.8 Å². The molecule has 21 heavy (non-hydrogen) atoms. The van der Waals surface area contributed by atoms with Crippen molar-refractivity contribution in [2.45, 2.75) is 64.6 Å². The van der Waals surface area contributed by atoms with Crippen LogP contribution in [0.1, 0.15) is 52.0 Å². The fourth-order valence-corrected chi connectivity index (χ4v) is 2.90. The molecule has 4 heteroatoms. The third-order valence-corrected chi connectivity index (χ3v) is 4.12. The Balaban J connectivity index is 2.16. The summed E-state index contributed by atoms with van der Waals surface area (Å²) in [7, 11) is 1.80. The molecule has 0 spiro atoms. The Morgan fingerprint density at radius 2 is 1.67 bits per heavy atom. The van der Waals surface area contributed by atoms with E-state index in [1.165, 1.54) is 12.1 Å². The van der Waals surface area contributed by atoms with E-state index in [9.17, 15) is 8.78 Å². The van der Waals surface area contributed by atoms with E-state index in [2.05, 4.69) is 5.32 Å². The molecule has 0 radical (unpaired) electrons. The maximum Gasteiger partial charge on any atom is 0.149 e. The van der Waals surface area contributed by atoms with E-state index < -0.39 is 11.6 Å². The third kappa shape index (κ3) is 4.16. The number of nitrogens with zero attached hydrogens (tertiary/aromatic N) is 1. The summed E-state index contributed by atoms with van der Waals surface area (Å²) in [6.45, 7) is 6.55. The lowest BCUT2D eigenvalue weighted by atomic mass is 10.1. The van der Waals surface area contributed by atoms with Gasteiger partial charge in [0.15, 0.2) is 0 Å². The highest BCUT2D eigenvalue weighted by Crippen LogP contribution is 2.31. The molecule has 2 nitrogen and oxygen atoms in total. The second-order valence-corrected chi connectivity index (χ2v) is 7.06. The number of nitrogens with one attached hydrogen (secondary N) is 1. The lowest BCUT2D eigenvalue weighted by Crippen LogP contribution is -2.35. The standard InChI is InChI=1S/C17H26F2N2/c1-17(2,3)20-11-12-9-14(18)16(15(19)10-12)21(4)13-7-5-6-8-13/h9-10,13,20H,5-8,11H2,1-4H3. The highest BCUT2D eigenvalue weighted by atomic mass is 19.1. The summed E-state index contributed by atoms with van der Waals surface area (Å²) in [5.41, 5.74) is 0.677. The molecule has 0 aromatic heterocycles. The molecule has 1 aliphatic rings. The summed E-state index contributed by atoms with van der Waals surface area (Å²) in [6, 6.07) is 3.15. The molecule has 118 valence electrons. The minimum absolute atomic E-state index is 0.0771. The summed E-state index contributed by atoms with van der Waals surface area (Å²) in [4.78, 5) is 1.78. The van der Waals surface area contributed by atoms with Crippen LogP contribution in [-0.4, -0.2) is 18.6 Å². The summed E-state index contributed by atoms with van der Waals surface area (Å²) in [6.07, 6.45) is 4.32. The zero-order valence-electron chi connectivity index (χ0n) is 13.5. The molecule has 0 saturated heterocycles. The molecular formula is C17H26F2N2. The largest absolute Gasteiger partial charge is 0.367 e. The van der Waals surface area contributed by atoms with Crippen LogP contribution >= 0.6 is 0 Å². The Kier molecular flexibility index (Phi) is 4.87. The first-order valence-electron chi connectivity index (χ1n) is 7.74. The van der Waals surface area contributed by atoms with E-state index in [4.69, 9.17) is 0 Å². The lowest BCUT2D eigenvalue weighted by Gasteiger charge is -2.28. The SMILES string of the molecule is CN(c1c(F)cc(CNC(C)(C)C)cc1F)C1CCCC1. The first-order chi connectivity index (χ1) is 9.78. The van der Waals surface area contributed by atoms with Gasteiger partial charge in [-0.3, -0.25) is 0 Å². The smallest absolute Gasteiger partial charge is 0.149 e. The van der Waals surface area contributed by atoms with Gasteiger partial charge in [-0.2, -0.15) is 0 Å². The minimum Gasteiger partial charge on any atom is -0.367 e. The van der Waals surface area contributed by atoms with E-state index in [1.807, 2.05) is 20.8 Å². The quantitative estimate of drug-likeness (QED) is 0.894. The molecule has 1 N–H and O–H groups in total. The fraction of sp³-hybridized carbons (Fsp3) is 0.647. The number of benzene rings is 1. The Labute approximate surface area is 126 Å². The summed E-state index contributed by atoms with van der Waals surface area (Å²) >= 11 is 0. The molecule has 1 fully saturated rings. The van der Waals surface area contributed by atoms with Crippen molar-refractivity contribution < 1.29 is 8.78 Å². The van der Waals surface area contributed by atoms with E-state index in [-0.39, 0.29) is 17.3 Å². The zero-order chi connectivity index (χ0) is 15.6. The molecule has 0 atom stereocenters. The Morgan fingerprint density at radius 3 is 2.14 bits per heavy atom. The van der Waals surface area contributed by atoms with Crippen molar-refractivity contribution in [2.75, 3.05) is 11.9 Å². The maximum atomic E-state index is 14.3. The molecule has 0 heterocycles. The van der Waals surface area contributed by atoms with Crippen molar-refractivity contribution in [2.24, 2.45) is 0 Å². The minimum atomic E-state index is -0.463. The van der Waals surface area contributed by atoms with Gasteiger partial charge in [0.2, 0.25) is 0 Å². The van der Waals surface area contributed by atoms with Crippen LogP contribution in [0.25, 0.3) is 0 Å². The summed E-state index contributed by atoms with van der Waals surface area (Å²) < 4.78 is 28.7. The van der Waals surface area contributed by atoms with Crippen molar-refractivity contribution in [3.05, 3.63) is 29.3 Å². The van der Waals surface area contributed by atoms with E-state index in [0.717, 1.165) is 25.7 Å². The third-order valence-electron chi connectivity index (χ3n) is 4.12. The number of hydrogen-bond donors (Lipinski definition) is 1. The molecule has 1 aromatic rings. The Hall–Kier alpha value is -1.16. The van der Waals surface area contributed by atoms with E-state index >= 15 is 0 Å². The van der Waals surface area contributed by atoms with Crippen molar-refractivity contribution in [1.29, 1.82) is 0 Å². The van der Waals surface area contributed by atoms with Gasteiger partial charge in [-0.25, -0.2) is 8.78 Å². The second kappa shape index (κ2) is 6.30. The van der Waals surface area contributed by atoms with Crippen molar-refractivity contribution >= 4 is 5.69 Å². The van der Waals surface area contributed by atoms with Crippen LogP contribution in [0.4, 0.5) is 14.5 Å². The molecule has 2 rings (SSSR count). The normalized spacial score (nSPS) is 16.5. The average Bonchev–Trinajstić information content (AvgIpc) is 2.88. The van der Waals surface area contributed by atoms with Crippen LogP contribution in [0.3, 0.4) is 0 Å². The monoisotopic (exact) mass is 296 g/mol. The lowest BCUT2D eigenvalue weighted by molar-refractivity contribution is 0.422. The molecule has 0 amide bonds. The molecule has 0 unspecified atom stereocenters. The molecule has 0 aliphatic heterocycles. The highest BCUT2D eigenvalue weighted by molar-refractivity contribution is 5.51. The predicted molar refractivity (Wildman–Crippen MR) is 83.6 cm³/mol. The van der Waals surface area contributed by atoms with Gasteiger partial charge in [-0.15, -0.1) is 0 Å². The number of halogens is 2. The van der Waals surface area contributed by atoms with Gasteiger partial charge < -0.3 is 10.2 Å². The number of anilines is 1. The fourth-order valence-electron chi connectivity index (χ4n) is 2.90. The molecule has 1 aromatic carbocycles. The van der Waals surface area contributed by atoms with Gasteiger partial charge in [0, 0.05) is 25.2 Å². The first-order valence-corrected chi connectivity index (χ1v) is 7.74. The Bertz CT molecular complexity index is 465. The Morgan fingerprint density at radius 1 is 1.14 bits per heavy atom. The molecule has 0 bridgehead atoms. The van der Waals surface area contributed by atoms with Gasteiger partial charge in [-0.05, 0) is 51.3 Å². The van der Waals surface area contributed by atoms with Gasteiger partial charge in [0.1, 0.15) is 17.3 Å². The van der Waals surface area contributed by atoms with Crippen LogP contribution in [0.5, 0.6) is 0 Å². The first kappa shape index (κ1) is 16.2. The van der Waals surface area contributed by atoms with Crippen LogP contribution in [0, 0.1) is 11.6 Å². The van der Waals surface area contributed by atoms with Gasteiger partial charge in [0.05, 0.1) is 0 Å². The van der Waals surface area contributed by atoms with E-state index in [1.54, 1.807) is 11.9 Å². The van der Waals surface area contributed by atoms with Crippen molar-refractivity contribution in [1.82, 2.24) is 5.32 Å². The van der Waals surface area contributed by atoms with Crippen LogP contribution in [-0.2, 0) is 6.54 Å². The number of rotatable bonds is 4. The second-order valence-electron chi connectivity index (χ2n) is 7.06. The van der Waals surface area contributed by atoms with Crippen LogP contribution < -0.4 is 10.2 Å². The van der Waals surface area contributed by atoms with Crippen molar-refractivity contribution in [3.8, 4) is 0 Å². The molecule has 1 saturated carbocycles. The predicted octanol–water partition coefficient (Wildman–Crippen LogP) is 4.23. The van der Waals surface area contributed by atoms with E-state index in [0.29, 0.717) is 12.1 Å². The summed E-state index contributed by atoms with van der Waals surface area (Å²) in [5.74, 6) is -0.926. The van der Waals surface area contributed by atoms with Crippen LogP contribution in [0.15, 0.2) is 12.1 Å². The average molecular weight is 296 g/mol. The topological polar surface area (TPSA) is 15.3 Å².